The molecular weight excluding hydrogens is 273 g/mol. The predicted octanol–water partition coefficient (Wildman–Crippen LogP) is 2.89. The smallest absolute Gasteiger partial charge is 0.208 e. The van der Waals surface area contributed by atoms with Crippen molar-refractivity contribution in [2.45, 2.75) is 6.10 Å². The zero-order valence-electron chi connectivity index (χ0n) is 11.4. The Bertz CT molecular complexity index is 687. The Balaban J connectivity index is 1.87. The highest BCUT2D eigenvalue weighted by Gasteiger charge is 2.29. The number of carbonyl (C=O) groups is 1. The normalized spacial score (nSPS) is 16.4. The topological polar surface area (TPSA) is 47.6 Å². The summed E-state index contributed by atoms with van der Waals surface area (Å²) in [6.45, 7) is 0.298. The van der Waals surface area contributed by atoms with Crippen LogP contribution in [0.1, 0.15) is 10.4 Å². The first-order chi connectivity index (χ1) is 10.2. The van der Waals surface area contributed by atoms with E-state index in [0.29, 0.717) is 12.3 Å². The summed E-state index contributed by atoms with van der Waals surface area (Å²) in [5.74, 6) is -0.434. The van der Waals surface area contributed by atoms with Crippen LogP contribution in [-0.4, -0.2) is 25.5 Å². The van der Waals surface area contributed by atoms with E-state index < -0.39 is 17.7 Å². The Hall–Kier alpha value is -2.56. The Morgan fingerprint density at radius 1 is 1.29 bits per heavy atom. The van der Waals surface area contributed by atoms with Crippen molar-refractivity contribution in [3.05, 3.63) is 53.8 Å². The second-order valence-electron chi connectivity index (χ2n) is 4.67. The zero-order chi connectivity index (χ0) is 14.8. The van der Waals surface area contributed by atoms with E-state index in [1.807, 2.05) is 18.2 Å². The molecule has 0 spiro atoms. The average molecular weight is 287 g/mol. The van der Waals surface area contributed by atoms with Crippen LogP contribution in [0.3, 0.4) is 0 Å². The van der Waals surface area contributed by atoms with Gasteiger partial charge in [-0.2, -0.15) is 0 Å². The standard InChI is InChI=1S/C16H14FNO3/c1-20-13-8-4-5-10(15(13)17)16(19)14-9-18-11-6-2-3-7-12(11)21-14/h2-8,14,18H,9H2,1H3. The van der Waals surface area contributed by atoms with Crippen LogP contribution in [0.4, 0.5) is 10.1 Å². The van der Waals surface area contributed by atoms with Crippen LogP contribution in [0.15, 0.2) is 42.5 Å². The third kappa shape index (κ3) is 2.42. The second kappa shape index (κ2) is 5.44. The van der Waals surface area contributed by atoms with Gasteiger partial charge in [-0.05, 0) is 24.3 Å². The molecule has 4 nitrogen and oxygen atoms in total. The predicted molar refractivity (Wildman–Crippen MR) is 76.6 cm³/mol. The molecule has 3 rings (SSSR count). The number of halogens is 1. The molecular formula is C16H14FNO3. The van der Waals surface area contributed by atoms with Crippen molar-refractivity contribution in [1.82, 2.24) is 0 Å². The number of ether oxygens (including phenoxy) is 2. The fourth-order valence-corrected chi connectivity index (χ4v) is 2.29. The molecule has 0 bridgehead atoms. The molecule has 1 aliphatic rings. The fraction of sp³-hybridized carbons (Fsp3) is 0.188. The number of hydrogen-bond acceptors (Lipinski definition) is 4. The first-order valence-corrected chi connectivity index (χ1v) is 6.57. The zero-order valence-corrected chi connectivity index (χ0v) is 11.4. The number of anilines is 1. The molecule has 108 valence electrons. The monoisotopic (exact) mass is 287 g/mol. The minimum absolute atomic E-state index is 0.0273. The molecule has 2 aromatic rings. The summed E-state index contributed by atoms with van der Waals surface area (Å²) >= 11 is 0. The molecule has 1 atom stereocenters. The number of methoxy groups -OCH3 is 1. The molecule has 0 aromatic heterocycles. The number of Topliss-reactive ketones (excluding diaryl/α,β-unsaturated/α-hetero) is 1. The van der Waals surface area contributed by atoms with Crippen molar-refractivity contribution in [3.8, 4) is 11.5 Å². The third-order valence-electron chi connectivity index (χ3n) is 3.38. The van der Waals surface area contributed by atoms with E-state index >= 15 is 0 Å². The van der Waals surface area contributed by atoms with Gasteiger partial charge >= 0.3 is 0 Å². The summed E-state index contributed by atoms with van der Waals surface area (Å²) in [5, 5.41) is 3.11. The molecule has 0 radical (unpaired) electrons. The van der Waals surface area contributed by atoms with Crippen LogP contribution >= 0.6 is 0 Å². The first-order valence-electron chi connectivity index (χ1n) is 6.57. The van der Waals surface area contributed by atoms with Crippen molar-refractivity contribution < 1.29 is 18.7 Å². The highest BCUT2D eigenvalue weighted by molar-refractivity contribution is 6.01. The number of carbonyl (C=O) groups excluding carboxylic acids is 1. The van der Waals surface area contributed by atoms with Gasteiger partial charge in [-0.15, -0.1) is 0 Å². The van der Waals surface area contributed by atoms with Crippen molar-refractivity contribution in [2.24, 2.45) is 0 Å². The van der Waals surface area contributed by atoms with Crippen LogP contribution in [0.2, 0.25) is 0 Å². The van der Waals surface area contributed by atoms with Gasteiger partial charge in [-0.25, -0.2) is 4.39 Å². The van der Waals surface area contributed by atoms with Gasteiger partial charge in [-0.3, -0.25) is 4.79 Å². The maximum absolute atomic E-state index is 14.2. The quantitative estimate of drug-likeness (QED) is 0.882. The lowest BCUT2D eigenvalue weighted by atomic mass is 10.0. The third-order valence-corrected chi connectivity index (χ3v) is 3.38. The SMILES string of the molecule is COc1cccc(C(=O)C2CNc3ccccc3O2)c1F. The summed E-state index contributed by atoms with van der Waals surface area (Å²) in [6.07, 6.45) is -0.762. The second-order valence-corrected chi connectivity index (χ2v) is 4.67. The van der Waals surface area contributed by atoms with E-state index in [4.69, 9.17) is 9.47 Å². The van der Waals surface area contributed by atoms with Gasteiger partial charge in [0, 0.05) is 0 Å². The largest absolute Gasteiger partial charge is 0.494 e. The van der Waals surface area contributed by atoms with Crippen molar-refractivity contribution in [2.75, 3.05) is 19.0 Å². The molecule has 21 heavy (non-hydrogen) atoms. The number of ketones is 1. The van der Waals surface area contributed by atoms with Crippen LogP contribution in [0.25, 0.3) is 0 Å². The summed E-state index contributed by atoms with van der Waals surface area (Å²) in [5.41, 5.74) is 0.799. The van der Waals surface area contributed by atoms with E-state index in [0.717, 1.165) is 5.69 Å². The molecule has 2 aromatic carbocycles. The molecule has 0 saturated carbocycles. The highest BCUT2D eigenvalue weighted by atomic mass is 19.1. The molecule has 0 saturated heterocycles. The van der Waals surface area contributed by atoms with Crippen LogP contribution in [0, 0.1) is 5.82 Å². The van der Waals surface area contributed by atoms with Gasteiger partial charge < -0.3 is 14.8 Å². The van der Waals surface area contributed by atoms with E-state index in [1.54, 1.807) is 12.1 Å². The van der Waals surface area contributed by atoms with Crippen LogP contribution in [0.5, 0.6) is 11.5 Å². The number of nitrogens with one attached hydrogen (secondary N) is 1. The minimum Gasteiger partial charge on any atom is -0.494 e. The summed E-state index contributed by atoms with van der Waals surface area (Å²) in [4.78, 5) is 12.4. The number of fused-ring (bicyclic) bond motifs is 1. The number of rotatable bonds is 3. The number of hydrogen-bond donors (Lipinski definition) is 1. The molecule has 1 unspecified atom stereocenters. The lowest BCUT2D eigenvalue weighted by molar-refractivity contribution is 0.0796. The summed E-state index contributed by atoms with van der Waals surface area (Å²) in [7, 11) is 1.36. The van der Waals surface area contributed by atoms with Gasteiger partial charge in [-0.1, -0.05) is 18.2 Å². The van der Waals surface area contributed by atoms with Crippen molar-refractivity contribution in [1.29, 1.82) is 0 Å². The molecule has 1 heterocycles. The molecule has 1 N–H and O–H groups in total. The van der Waals surface area contributed by atoms with E-state index in [2.05, 4.69) is 5.32 Å². The first kappa shape index (κ1) is 13.4. The Labute approximate surface area is 121 Å². The van der Waals surface area contributed by atoms with E-state index in [1.165, 1.54) is 19.2 Å². The number of para-hydroxylation sites is 2. The van der Waals surface area contributed by atoms with Crippen molar-refractivity contribution >= 4 is 11.5 Å². The Morgan fingerprint density at radius 3 is 2.90 bits per heavy atom. The number of benzene rings is 2. The molecule has 0 aliphatic carbocycles. The van der Waals surface area contributed by atoms with Gasteiger partial charge in [0.1, 0.15) is 5.75 Å². The van der Waals surface area contributed by atoms with Crippen LogP contribution < -0.4 is 14.8 Å². The summed E-state index contributed by atoms with van der Waals surface area (Å²) in [6, 6.07) is 11.8. The lowest BCUT2D eigenvalue weighted by Crippen LogP contribution is -2.38. The maximum Gasteiger partial charge on any atom is 0.208 e. The van der Waals surface area contributed by atoms with Gasteiger partial charge in [0.2, 0.25) is 5.78 Å². The molecule has 1 aliphatic heterocycles. The van der Waals surface area contributed by atoms with Crippen LogP contribution in [-0.2, 0) is 0 Å². The fourth-order valence-electron chi connectivity index (χ4n) is 2.29. The van der Waals surface area contributed by atoms with E-state index in [9.17, 15) is 9.18 Å². The van der Waals surface area contributed by atoms with E-state index in [-0.39, 0.29) is 11.3 Å². The minimum atomic E-state index is -0.762. The average Bonchev–Trinajstić information content (AvgIpc) is 2.54. The molecule has 5 heteroatoms. The molecule has 0 fully saturated rings. The summed E-state index contributed by atoms with van der Waals surface area (Å²) < 4.78 is 24.7. The highest BCUT2D eigenvalue weighted by Crippen LogP contribution is 2.30. The lowest BCUT2D eigenvalue weighted by Gasteiger charge is -2.26. The van der Waals surface area contributed by atoms with Gasteiger partial charge in [0.25, 0.3) is 0 Å². The van der Waals surface area contributed by atoms with Crippen molar-refractivity contribution in [3.63, 3.8) is 0 Å². The maximum atomic E-state index is 14.2. The Morgan fingerprint density at radius 2 is 2.10 bits per heavy atom. The Kier molecular flexibility index (Phi) is 3.48. The molecule has 0 amide bonds. The van der Waals surface area contributed by atoms with Gasteiger partial charge in [0.15, 0.2) is 17.7 Å². The van der Waals surface area contributed by atoms with Gasteiger partial charge in [0.05, 0.1) is 24.9 Å².